The van der Waals surface area contributed by atoms with Crippen molar-refractivity contribution in [1.82, 2.24) is 0 Å². The lowest BCUT2D eigenvalue weighted by Gasteiger charge is -2.14. The summed E-state index contributed by atoms with van der Waals surface area (Å²) in [5, 5.41) is 0.270. The van der Waals surface area contributed by atoms with Gasteiger partial charge in [0.1, 0.15) is 0 Å². The summed E-state index contributed by atoms with van der Waals surface area (Å²) in [5.41, 5.74) is 5.24. The van der Waals surface area contributed by atoms with Crippen molar-refractivity contribution in [2.75, 3.05) is 0 Å². The molecule has 0 saturated carbocycles. The maximum atomic E-state index is 4.56. The lowest BCUT2D eigenvalue weighted by Crippen LogP contribution is -1.93. The summed E-state index contributed by atoms with van der Waals surface area (Å²) >= 11 is 4.56. The molecule has 0 nitrogen and oxygen atoms in total. The first-order valence-corrected chi connectivity index (χ1v) is 6.98. The van der Waals surface area contributed by atoms with Crippen LogP contribution < -0.4 is 0 Å². The average Bonchev–Trinajstić information content (AvgIpc) is 2.39. The van der Waals surface area contributed by atoms with Crippen molar-refractivity contribution in [1.29, 1.82) is 0 Å². The van der Waals surface area contributed by atoms with E-state index in [2.05, 4.69) is 81.9 Å². The van der Waals surface area contributed by atoms with Crippen LogP contribution in [-0.4, -0.2) is 0 Å². The van der Waals surface area contributed by atoms with E-state index in [0.717, 1.165) is 0 Å². The Hall–Kier alpha value is -1.21. The highest BCUT2D eigenvalue weighted by atomic mass is 32.1. The van der Waals surface area contributed by atoms with Gasteiger partial charge in [0.15, 0.2) is 0 Å². The molecule has 0 heterocycles. The van der Waals surface area contributed by atoms with Crippen LogP contribution in [0.4, 0.5) is 0 Å². The van der Waals surface area contributed by atoms with Gasteiger partial charge in [0.25, 0.3) is 0 Å². The molecule has 0 bridgehead atoms. The van der Waals surface area contributed by atoms with Crippen molar-refractivity contribution in [3.8, 4) is 11.1 Å². The second kappa shape index (κ2) is 5.62. The Bertz CT molecular complexity index is 486. The molecule has 94 valence electrons. The summed E-state index contributed by atoms with van der Waals surface area (Å²) < 4.78 is 0. The Morgan fingerprint density at radius 1 is 0.778 bits per heavy atom. The van der Waals surface area contributed by atoms with Crippen molar-refractivity contribution >= 4 is 12.6 Å². The fraction of sp³-hybridized carbons (Fsp3) is 0.294. The molecule has 0 aliphatic heterocycles. The Morgan fingerprint density at radius 2 is 1.39 bits per heavy atom. The van der Waals surface area contributed by atoms with E-state index in [1.807, 2.05) is 0 Å². The molecule has 0 saturated heterocycles. The molecular weight excluding hydrogens is 236 g/mol. The quantitative estimate of drug-likeness (QED) is 0.692. The van der Waals surface area contributed by atoms with Crippen LogP contribution in [0.5, 0.6) is 0 Å². The van der Waals surface area contributed by atoms with Crippen LogP contribution in [0.2, 0.25) is 0 Å². The van der Waals surface area contributed by atoms with Gasteiger partial charge in [0.05, 0.1) is 0 Å². The molecule has 0 fully saturated rings. The van der Waals surface area contributed by atoms with Gasteiger partial charge in [0.2, 0.25) is 0 Å². The van der Waals surface area contributed by atoms with Crippen LogP contribution in [0.15, 0.2) is 48.5 Å². The summed E-state index contributed by atoms with van der Waals surface area (Å²) in [6, 6.07) is 17.4. The van der Waals surface area contributed by atoms with Gasteiger partial charge in [-0.25, -0.2) is 0 Å². The summed E-state index contributed by atoms with van der Waals surface area (Å²) in [5.74, 6) is 0.541. The van der Waals surface area contributed by atoms with Crippen LogP contribution in [-0.2, 0) is 0 Å². The van der Waals surface area contributed by atoms with Crippen molar-refractivity contribution in [3.05, 3.63) is 59.7 Å². The van der Waals surface area contributed by atoms with E-state index in [1.165, 1.54) is 22.3 Å². The van der Waals surface area contributed by atoms with Crippen LogP contribution in [0.25, 0.3) is 11.1 Å². The minimum absolute atomic E-state index is 0.270. The first-order chi connectivity index (χ1) is 8.58. The van der Waals surface area contributed by atoms with Crippen molar-refractivity contribution in [2.45, 2.75) is 31.9 Å². The minimum atomic E-state index is 0.270. The first kappa shape index (κ1) is 13.2. The molecule has 1 heteroatoms. The van der Waals surface area contributed by atoms with Gasteiger partial charge in [-0.3, -0.25) is 0 Å². The molecular formula is C17H20S. The highest BCUT2D eigenvalue weighted by Gasteiger charge is 2.08. The molecule has 18 heavy (non-hydrogen) atoms. The molecule has 0 aliphatic rings. The van der Waals surface area contributed by atoms with Gasteiger partial charge in [-0.15, -0.1) is 0 Å². The summed E-state index contributed by atoms with van der Waals surface area (Å²) in [4.78, 5) is 0. The Kier molecular flexibility index (Phi) is 4.13. The zero-order chi connectivity index (χ0) is 13.1. The number of thiol groups is 1. The summed E-state index contributed by atoms with van der Waals surface area (Å²) in [7, 11) is 0. The fourth-order valence-electron chi connectivity index (χ4n) is 2.05. The van der Waals surface area contributed by atoms with E-state index in [0.29, 0.717) is 5.92 Å². The molecule has 0 aromatic heterocycles. The zero-order valence-electron chi connectivity index (χ0n) is 11.2. The van der Waals surface area contributed by atoms with E-state index in [-0.39, 0.29) is 5.25 Å². The van der Waals surface area contributed by atoms with Crippen molar-refractivity contribution in [3.63, 3.8) is 0 Å². The molecule has 0 aliphatic carbocycles. The van der Waals surface area contributed by atoms with E-state index in [1.54, 1.807) is 0 Å². The molecule has 1 unspecified atom stereocenters. The van der Waals surface area contributed by atoms with Gasteiger partial charge >= 0.3 is 0 Å². The maximum Gasteiger partial charge on any atom is 0.0239 e. The number of rotatable bonds is 3. The maximum absolute atomic E-state index is 4.56. The molecule has 2 rings (SSSR count). The Balaban J connectivity index is 2.54. The predicted molar refractivity (Wildman–Crippen MR) is 83.4 cm³/mol. The van der Waals surface area contributed by atoms with Crippen LogP contribution in [0.3, 0.4) is 0 Å². The lowest BCUT2D eigenvalue weighted by atomic mass is 9.94. The second-order valence-electron chi connectivity index (χ2n) is 5.09. The van der Waals surface area contributed by atoms with E-state index < -0.39 is 0 Å². The smallest absolute Gasteiger partial charge is 0.0239 e. The van der Waals surface area contributed by atoms with Gasteiger partial charge in [-0.1, -0.05) is 62.4 Å². The van der Waals surface area contributed by atoms with E-state index in [4.69, 9.17) is 0 Å². The largest absolute Gasteiger partial charge is 0.171 e. The summed E-state index contributed by atoms with van der Waals surface area (Å²) in [6.07, 6.45) is 0. The van der Waals surface area contributed by atoms with Gasteiger partial charge in [0, 0.05) is 5.25 Å². The first-order valence-electron chi connectivity index (χ1n) is 6.46. The van der Waals surface area contributed by atoms with Gasteiger partial charge in [-0.05, 0) is 35.1 Å². The monoisotopic (exact) mass is 256 g/mol. The lowest BCUT2D eigenvalue weighted by molar-refractivity contribution is 0.862. The van der Waals surface area contributed by atoms with E-state index >= 15 is 0 Å². The number of hydrogen-bond donors (Lipinski definition) is 1. The van der Waals surface area contributed by atoms with Crippen LogP contribution >= 0.6 is 12.6 Å². The molecule has 0 radical (unpaired) electrons. The Morgan fingerprint density at radius 3 is 1.94 bits per heavy atom. The molecule has 1 atom stereocenters. The third-order valence-electron chi connectivity index (χ3n) is 3.23. The number of hydrogen-bond acceptors (Lipinski definition) is 1. The molecule has 0 spiro atoms. The van der Waals surface area contributed by atoms with Gasteiger partial charge < -0.3 is 0 Å². The molecule has 0 amide bonds. The van der Waals surface area contributed by atoms with Crippen molar-refractivity contribution in [2.24, 2.45) is 0 Å². The fourth-order valence-corrected chi connectivity index (χ4v) is 2.20. The molecule has 2 aromatic carbocycles. The van der Waals surface area contributed by atoms with Gasteiger partial charge in [-0.2, -0.15) is 12.6 Å². The zero-order valence-corrected chi connectivity index (χ0v) is 12.1. The van der Waals surface area contributed by atoms with Crippen molar-refractivity contribution < 1.29 is 0 Å². The molecule has 2 aromatic rings. The highest BCUT2D eigenvalue weighted by Crippen LogP contribution is 2.30. The normalized spacial score (nSPS) is 12.7. The standard InChI is InChI=1S/C17H20S/c1-12(2)15-9-16(13(3)18)11-17(10-15)14-7-5-4-6-8-14/h4-13,18H,1-3H3. The Labute approximate surface area is 115 Å². The second-order valence-corrected chi connectivity index (χ2v) is 5.86. The van der Waals surface area contributed by atoms with Crippen LogP contribution in [0.1, 0.15) is 43.1 Å². The third kappa shape index (κ3) is 2.97. The SMILES string of the molecule is CC(C)c1cc(-c2ccccc2)cc(C(C)S)c1. The number of benzene rings is 2. The minimum Gasteiger partial charge on any atom is -0.171 e. The van der Waals surface area contributed by atoms with Crippen LogP contribution in [0, 0.1) is 0 Å². The third-order valence-corrected chi connectivity index (χ3v) is 3.53. The average molecular weight is 256 g/mol. The highest BCUT2D eigenvalue weighted by molar-refractivity contribution is 7.80. The predicted octanol–water partition coefficient (Wildman–Crippen LogP) is 5.47. The summed E-state index contributed by atoms with van der Waals surface area (Å²) in [6.45, 7) is 6.59. The molecule has 0 N–H and O–H groups in total. The van der Waals surface area contributed by atoms with E-state index in [9.17, 15) is 0 Å². The topological polar surface area (TPSA) is 0 Å².